The minimum absolute atomic E-state index is 0.103. The summed E-state index contributed by atoms with van der Waals surface area (Å²) in [7, 11) is 0. The van der Waals surface area contributed by atoms with E-state index in [0.717, 1.165) is 16.1 Å². The van der Waals surface area contributed by atoms with Crippen molar-refractivity contribution in [2.24, 2.45) is 0 Å². The van der Waals surface area contributed by atoms with Crippen molar-refractivity contribution in [3.63, 3.8) is 0 Å². The molecule has 0 spiro atoms. The molecule has 0 heterocycles. The summed E-state index contributed by atoms with van der Waals surface area (Å²) >= 11 is 1.38. The van der Waals surface area contributed by atoms with E-state index in [2.05, 4.69) is 10.6 Å². The molecule has 0 atom stereocenters. The van der Waals surface area contributed by atoms with E-state index in [-0.39, 0.29) is 22.9 Å². The van der Waals surface area contributed by atoms with Crippen molar-refractivity contribution in [3.8, 4) is 0 Å². The van der Waals surface area contributed by atoms with E-state index in [1.807, 2.05) is 31.2 Å². The second-order valence-corrected chi connectivity index (χ2v) is 7.54. The van der Waals surface area contributed by atoms with Gasteiger partial charge < -0.3 is 10.6 Å². The lowest BCUT2D eigenvalue weighted by Crippen LogP contribution is -2.14. The zero-order valence-electron chi connectivity index (χ0n) is 16.1. The van der Waals surface area contributed by atoms with Crippen molar-refractivity contribution in [1.29, 1.82) is 0 Å². The van der Waals surface area contributed by atoms with Crippen molar-refractivity contribution >= 4 is 40.6 Å². The molecule has 0 saturated heterocycles. The molecule has 0 radical (unpaired) electrons. The minimum Gasteiger partial charge on any atom is -0.325 e. The van der Waals surface area contributed by atoms with Crippen molar-refractivity contribution in [2.75, 3.05) is 16.4 Å². The Morgan fingerprint density at radius 2 is 1.67 bits per heavy atom. The molecule has 3 rings (SSSR count). The van der Waals surface area contributed by atoms with E-state index in [1.54, 1.807) is 24.3 Å². The average molecular weight is 421 g/mol. The highest BCUT2D eigenvalue weighted by atomic mass is 32.2. The van der Waals surface area contributed by atoms with Crippen molar-refractivity contribution in [3.05, 3.63) is 94.0 Å². The number of non-ortho nitro benzene ring substituents is 1. The zero-order valence-corrected chi connectivity index (χ0v) is 16.9. The number of benzene rings is 3. The monoisotopic (exact) mass is 421 g/mol. The quantitative estimate of drug-likeness (QED) is 0.321. The largest absolute Gasteiger partial charge is 0.325 e. The Hall–Kier alpha value is -3.65. The van der Waals surface area contributed by atoms with Crippen LogP contribution in [-0.4, -0.2) is 22.5 Å². The molecule has 7 nitrogen and oxygen atoms in total. The summed E-state index contributed by atoms with van der Waals surface area (Å²) in [5.41, 5.74) is 2.46. The third-order valence-electron chi connectivity index (χ3n) is 4.10. The molecule has 3 aromatic carbocycles. The lowest BCUT2D eigenvalue weighted by Gasteiger charge is -2.08. The van der Waals surface area contributed by atoms with Crippen LogP contribution in [0.1, 0.15) is 15.9 Å². The van der Waals surface area contributed by atoms with Gasteiger partial charge in [0.05, 0.1) is 10.7 Å². The average Bonchev–Trinajstić information content (AvgIpc) is 2.73. The molecule has 2 amide bonds. The number of amides is 2. The fraction of sp³-hybridized carbons (Fsp3) is 0.0909. The van der Waals surface area contributed by atoms with Crippen molar-refractivity contribution < 1.29 is 14.5 Å². The number of hydrogen-bond acceptors (Lipinski definition) is 5. The Kier molecular flexibility index (Phi) is 6.82. The summed E-state index contributed by atoms with van der Waals surface area (Å²) in [6.07, 6.45) is 0. The van der Waals surface area contributed by atoms with E-state index < -0.39 is 10.8 Å². The van der Waals surface area contributed by atoms with E-state index in [9.17, 15) is 19.7 Å². The van der Waals surface area contributed by atoms with Crippen molar-refractivity contribution in [2.45, 2.75) is 11.8 Å². The van der Waals surface area contributed by atoms with Crippen LogP contribution in [0.5, 0.6) is 0 Å². The summed E-state index contributed by atoms with van der Waals surface area (Å²) in [5.74, 6) is -0.279. The number of nitrogens with one attached hydrogen (secondary N) is 2. The Balaban J connectivity index is 1.53. The van der Waals surface area contributed by atoms with Gasteiger partial charge in [0.2, 0.25) is 5.91 Å². The van der Waals surface area contributed by atoms with Gasteiger partial charge in [-0.15, -0.1) is 11.8 Å². The van der Waals surface area contributed by atoms with Crippen LogP contribution in [0.3, 0.4) is 0 Å². The maximum Gasteiger partial charge on any atom is 0.270 e. The number of nitrogens with zero attached hydrogens (tertiary/aromatic N) is 1. The second-order valence-electron chi connectivity index (χ2n) is 6.49. The fourth-order valence-corrected chi connectivity index (χ4v) is 3.37. The van der Waals surface area contributed by atoms with Crippen LogP contribution >= 0.6 is 11.8 Å². The standard InChI is InChI=1S/C22H19N3O4S/c1-15-4-2-6-18(12-15)23-21(26)14-30-20-10-8-17(9-11-20)24-22(27)16-5-3-7-19(13-16)25(28)29/h2-13H,14H2,1H3,(H,23,26)(H,24,27). The molecule has 3 aromatic rings. The van der Waals surface area contributed by atoms with Crippen molar-refractivity contribution in [1.82, 2.24) is 0 Å². The van der Waals surface area contributed by atoms with Gasteiger partial charge >= 0.3 is 0 Å². The predicted molar refractivity (Wildman–Crippen MR) is 118 cm³/mol. The molecular formula is C22H19N3O4S. The molecule has 30 heavy (non-hydrogen) atoms. The van der Waals surface area contributed by atoms with Gasteiger partial charge in [0.25, 0.3) is 11.6 Å². The summed E-state index contributed by atoms with van der Waals surface area (Å²) in [4.78, 5) is 35.6. The molecule has 0 saturated carbocycles. The van der Waals surface area contributed by atoms with E-state index in [1.165, 1.54) is 36.0 Å². The Morgan fingerprint density at radius 1 is 0.933 bits per heavy atom. The first-order valence-corrected chi connectivity index (χ1v) is 10.0. The van der Waals surface area contributed by atoms with Crippen LogP contribution in [0.4, 0.5) is 17.1 Å². The first-order chi connectivity index (χ1) is 14.4. The predicted octanol–water partition coefficient (Wildman–Crippen LogP) is 4.89. The first kappa shape index (κ1) is 21.1. The van der Waals surface area contributed by atoms with E-state index in [4.69, 9.17) is 0 Å². The fourth-order valence-electron chi connectivity index (χ4n) is 2.67. The Morgan fingerprint density at radius 3 is 2.37 bits per heavy atom. The topological polar surface area (TPSA) is 101 Å². The number of nitro groups is 1. The molecular weight excluding hydrogens is 402 g/mol. The van der Waals surface area contributed by atoms with Gasteiger partial charge in [0.15, 0.2) is 0 Å². The lowest BCUT2D eigenvalue weighted by molar-refractivity contribution is -0.384. The number of nitro benzene ring substituents is 1. The van der Waals surface area contributed by atoms with Gasteiger partial charge in [-0.1, -0.05) is 18.2 Å². The molecule has 0 aliphatic carbocycles. The van der Waals surface area contributed by atoms with Crippen LogP contribution in [0, 0.1) is 17.0 Å². The zero-order chi connectivity index (χ0) is 21.5. The maximum atomic E-state index is 12.3. The first-order valence-electron chi connectivity index (χ1n) is 9.06. The third-order valence-corrected chi connectivity index (χ3v) is 5.12. The van der Waals surface area contributed by atoms with Gasteiger partial charge in [-0.05, 0) is 55.0 Å². The molecule has 0 unspecified atom stereocenters. The SMILES string of the molecule is Cc1cccc(NC(=O)CSc2ccc(NC(=O)c3cccc([N+](=O)[O-])c3)cc2)c1. The molecule has 2 N–H and O–H groups in total. The second kappa shape index (κ2) is 9.71. The lowest BCUT2D eigenvalue weighted by atomic mass is 10.2. The smallest absolute Gasteiger partial charge is 0.270 e. The molecule has 0 fully saturated rings. The van der Waals surface area contributed by atoms with Crippen LogP contribution in [0.15, 0.2) is 77.7 Å². The summed E-state index contributed by atoms with van der Waals surface area (Å²) in [5, 5.41) is 16.4. The van der Waals surface area contributed by atoms with Crippen LogP contribution in [0.25, 0.3) is 0 Å². The number of carbonyl (C=O) groups excluding carboxylic acids is 2. The van der Waals surface area contributed by atoms with Gasteiger partial charge in [0, 0.05) is 34.0 Å². The molecule has 0 aliphatic rings. The number of rotatable bonds is 7. The highest BCUT2D eigenvalue weighted by Gasteiger charge is 2.12. The molecule has 0 bridgehead atoms. The summed E-state index contributed by atoms with van der Waals surface area (Å²) in [6.45, 7) is 1.96. The van der Waals surface area contributed by atoms with E-state index >= 15 is 0 Å². The van der Waals surface area contributed by atoms with Crippen LogP contribution in [-0.2, 0) is 4.79 Å². The Bertz CT molecular complexity index is 1080. The number of hydrogen-bond donors (Lipinski definition) is 2. The molecule has 8 heteroatoms. The highest BCUT2D eigenvalue weighted by Crippen LogP contribution is 2.22. The van der Waals surface area contributed by atoms with Gasteiger partial charge in [0.1, 0.15) is 0 Å². The minimum atomic E-state index is -0.544. The number of carbonyl (C=O) groups is 2. The molecule has 152 valence electrons. The van der Waals surface area contributed by atoms with Gasteiger partial charge in [-0.3, -0.25) is 19.7 Å². The summed E-state index contributed by atoms with van der Waals surface area (Å²) in [6, 6.07) is 20.2. The van der Waals surface area contributed by atoms with E-state index in [0.29, 0.717) is 5.69 Å². The van der Waals surface area contributed by atoms with Gasteiger partial charge in [-0.2, -0.15) is 0 Å². The number of anilines is 2. The highest BCUT2D eigenvalue weighted by molar-refractivity contribution is 8.00. The van der Waals surface area contributed by atoms with Gasteiger partial charge in [-0.25, -0.2) is 0 Å². The molecule has 0 aliphatic heterocycles. The maximum absolute atomic E-state index is 12.3. The van der Waals surface area contributed by atoms with Crippen LogP contribution < -0.4 is 10.6 Å². The normalized spacial score (nSPS) is 10.3. The molecule has 0 aromatic heterocycles. The third kappa shape index (κ3) is 5.92. The number of thioether (sulfide) groups is 1. The number of aryl methyl sites for hydroxylation is 1. The Labute approximate surface area is 177 Å². The summed E-state index contributed by atoms with van der Waals surface area (Å²) < 4.78 is 0. The van der Waals surface area contributed by atoms with Crippen LogP contribution in [0.2, 0.25) is 0 Å².